The number of unbranched alkanes of at least 4 members (excludes halogenated alkanes) is 1. The Balaban J connectivity index is 2.42. The van der Waals surface area contributed by atoms with Gasteiger partial charge in [-0.05, 0) is 30.2 Å². The average molecular weight is 234 g/mol. The van der Waals surface area contributed by atoms with Gasteiger partial charge >= 0.3 is 5.97 Å². The number of carbonyl (C=O) groups is 1. The summed E-state index contributed by atoms with van der Waals surface area (Å²) in [5.74, 6) is 0.248. The Morgan fingerprint density at radius 2 is 2.00 bits per heavy atom. The van der Waals surface area contributed by atoms with Crippen LogP contribution in [0.15, 0.2) is 30.5 Å². The predicted molar refractivity (Wildman–Crippen MR) is 67.6 cm³/mol. The maximum Gasteiger partial charge on any atom is 0.308 e. The smallest absolute Gasteiger partial charge is 0.308 e. The lowest BCUT2D eigenvalue weighted by Crippen LogP contribution is -2.00. The van der Waals surface area contributed by atoms with E-state index < -0.39 is 0 Å². The highest BCUT2D eigenvalue weighted by Crippen LogP contribution is 2.13. The maximum absolute atomic E-state index is 10.7. The van der Waals surface area contributed by atoms with Crippen LogP contribution in [-0.4, -0.2) is 12.6 Å². The third kappa shape index (κ3) is 5.76. The number of rotatable bonds is 6. The van der Waals surface area contributed by atoms with Crippen LogP contribution in [0.4, 0.5) is 0 Å². The first kappa shape index (κ1) is 13.3. The number of benzene rings is 1. The van der Waals surface area contributed by atoms with Gasteiger partial charge < -0.3 is 9.47 Å². The van der Waals surface area contributed by atoms with Gasteiger partial charge in [-0.1, -0.05) is 25.5 Å². The molecule has 0 bridgehead atoms. The fraction of sp³-hybridized carbons (Fsp3) is 0.357. The number of ether oxygens (including phenoxy) is 2. The molecule has 0 fully saturated rings. The normalized spacial score (nSPS) is 10.5. The summed E-state index contributed by atoms with van der Waals surface area (Å²) in [7, 11) is 0. The van der Waals surface area contributed by atoms with Crippen LogP contribution < -0.4 is 4.74 Å². The summed E-state index contributed by atoms with van der Waals surface area (Å²) in [6, 6.07) is 7.26. The fourth-order valence-corrected chi connectivity index (χ4v) is 1.24. The Kier molecular flexibility index (Phi) is 5.86. The SMILES string of the molecule is CCCCO/C=C/c1ccc(OC(C)=O)cc1. The van der Waals surface area contributed by atoms with E-state index in [2.05, 4.69) is 6.92 Å². The van der Waals surface area contributed by atoms with Crippen molar-refractivity contribution in [2.75, 3.05) is 6.61 Å². The van der Waals surface area contributed by atoms with Gasteiger partial charge in [0.15, 0.2) is 0 Å². The zero-order valence-electron chi connectivity index (χ0n) is 10.3. The first-order chi connectivity index (χ1) is 8.22. The summed E-state index contributed by atoms with van der Waals surface area (Å²) >= 11 is 0. The zero-order chi connectivity index (χ0) is 12.5. The number of hydrogen-bond donors (Lipinski definition) is 0. The van der Waals surface area contributed by atoms with Gasteiger partial charge in [-0.3, -0.25) is 4.79 Å². The van der Waals surface area contributed by atoms with Crippen LogP contribution in [0.25, 0.3) is 6.08 Å². The summed E-state index contributed by atoms with van der Waals surface area (Å²) in [4.78, 5) is 10.7. The van der Waals surface area contributed by atoms with E-state index in [0.717, 1.165) is 25.0 Å². The summed E-state index contributed by atoms with van der Waals surface area (Å²) in [6.45, 7) is 4.26. The maximum atomic E-state index is 10.7. The molecule has 0 amide bonds. The van der Waals surface area contributed by atoms with Crippen molar-refractivity contribution in [3.8, 4) is 5.75 Å². The highest BCUT2D eigenvalue weighted by atomic mass is 16.5. The Morgan fingerprint density at radius 3 is 2.59 bits per heavy atom. The van der Waals surface area contributed by atoms with Gasteiger partial charge in [0.2, 0.25) is 0 Å². The third-order valence-electron chi connectivity index (χ3n) is 2.11. The molecule has 3 nitrogen and oxygen atoms in total. The van der Waals surface area contributed by atoms with Crippen molar-refractivity contribution in [2.24, 2.45) is 0 Å². The predicted octanol–water partition coefficient (Wildman–Crippen LogP) is 3.40. The lowest BCUT2D eigenvalue weighted by Gasteiger charge is -2.01. The van der Waals surface area contributed by atoms with Gasteiger partial charge in [-0.25, -0.2) is 0 Å². The molecule has 1 rings (SSSR count). The second-order valence-electron chi connectivity index (χ2n) is 3.69. The van der Waals surface area contributed by atoms with Gasteiger partial charge in [-0.15, -0.1) is 0 Å². The van der Waals surface area contributed by atoms with E-state index in [4.69, 9.17) is 9.47 Å². The second-order valence-corrected chi connectivity index (χ2v) is 3.69. The standard InChI is InChI=1S/C14H18O3/c1-3-4-10-16-11-9-13-5-7-14(8-6-13)17-12(2)15/h5-9,11H,3-4,10H2,1-2H3/b11-9+. The van der Waals surface area contributed by atoms with Crippen molar-refractivity contribution >= 4 is 12.0 Å². The van der Waals surface area contributed by atoms with E-state index in [1.165, 1.54) is 6.92 Å². The van der Waals surface area contributed by atoms with Crippen molar-refractivity contribution in [1.29, 1.82) is 0 Å². The minimum Gasteiger partial charge on any atom is -0.501 e. The Bertz CT molecular complexity index is 366. The first-order valence-electron chi connectivity index (χ1n) is 5.79. The van der Waals surface area contributed by atoms with Gasteiger partial charge in [-0.2, -0.15) is 0 Å². The monoisotopic (exact) mass is 234 g/mol. The van der Waals surface area contributed by atoms with E-state index in [9.17, 15) is 4.79 Å². The van der Waals surface area contributed by atoms with Crippen molar-refractivity contribution in [3.63, 3.8) is 0 Å². The minimum atomic E-state index is -0.309. The molecule has 0 aliphatic rings. The van der Waals surface area contributed by atoms with Crippen LogP contribution in [0.1, 0.15) is 32.3 Å². The Labute approximate surface area is 102 Å². The Hall–Kier alpha value is -1.77. The summed E-state index contributed by atoms with van der Waals surface area (Å²) in [5, 5.41) is 0. The highest BCUT2D eigenvalue weighted by Gasteiger charge is 1.96. The molecule has 0 aromatic heterocycles. The van der Waals surface area contributed by atoms with E-state index in [-0.39, 0.29) is 5.97 Å². The number of esters is 1. The van der Waals surface area contributed by atoms with Crippen LogP contribution >= 0.6 is 0 Å². The molecule has 0 spiro atoms. The molecule has 0 aliphatic carbocycles. The molecule has 0 N–H and O–H groups in total. The lowest BCUT2D eigenvalue weighted by atomic mass is 10.2. The molecule has 3 heteroatoms. The van der Waals surface area contributed by atoms with Crippen molar-refractivity contribution < 1.29 is 14.3 Å². The molecule has 0 saturated heterocycles. The molecule has 92 valence electrons. The molecule has 0 saturated carbocycles. The minimum absolute atomic E-state index is 0.309. The second kappa shape index (κ2) is 7.49. The van der Waals surface area contributed by atoms with Gasteiger partial charge in [0.1, 0.15) is 5.75 Å². The van der Waals surface area contributed by atoms with E-state index in [1.54, 1.807) is 18.4 Å². The van der Waals surface area contributed by atoms with E-state index in [1.807, 2.05) is 18.2 Å². The van der Waals surface area contributed by atoms with Crippen molar-refractivity contribution in [1.82, 2.24) is 0 Å². The molecule has 0 atom stereocenters. The van der Waals surface area contributed by atoms with Crippen LogP contribution in [0, 0.1) is 0 Å². The molecule has 0 heterocycles. The molecule has 0 radical (unpaired) electrons. The summed E-state index contributed by atoms with van der Waals surface area (Å²) < 4.78 is 10.2. The van der Waals surface area contributed by atoms with Crippen LogP contribution in [-0.2, 0) is 9.53 Å². The number of carbonyl (C=O) groups excluding carboxylic acids is 1. The van der Waals surface area contributed by atoms with Gasteiger partial charge in [0, 0.05) is 6.92 Å². The molecule has 0 unspecified atom stereocenters. The highest BCUT2D eigenvalue weighted by molar-refractivity contribution is 5.69. The molecule has 0 aliphatic heterocycles. The third-order valence-corrected chi connectivity index (χ3v) is 2.11. The van der Waals surface area contributed by atoms with Gasteiger partial charge in [0.05, 0.1) is 12.9 Å². The molecule has 1 aromatic carbocycles. The molecular weight excluding hydrogens is 216 g/mol. The lowest BCUT2D eigenvalue weighted by molar-refractivity contribution is -0.131. The molecular formula is C14H18O3. The van der Waals surface area contributed by atoms with Crippen LogP contribution in [0.2, 0.25) is 0 Å². The largest absolute Gasteiger partial charge is 0.501 e. The van der Waals surface area contributed by atoms with Gasteiger partial charge in [0.25, 0.3) is 0 Å². The van der Waals surface area contributed by atoms with Crippen LogP contribution in [0.5, 0.6) is 5.75 Å². The quantitative estimate of drug-likeness (QED) is 0.327. The topological polar surface area (TPSA) is 35.5 Å². The van der Waals surface area contributed by atoms with Crippen molar-refractivity contribution in [2.45, 2.75) is 26.7 Å². The zero-order valence-corrected chi connectivity index (χ0v) is 10.3. The van der Waals surface area contributed by atoms with Crippen molar-refractivity contribution in [3.05, 3.63) is 36.1 Å². The average Bonchev–Trinajstić information content (AvgIpc) is 2.30. The molecule has 1 aromatic rings. The summed E-state index contributed by atoms with van der Waals surface area (Å²) in [6.07, 6.45) is 5.77. The molecule has 17 heavy (non-hydrogen) atoms. The Morgan fingerprint density at radius 1 is 1.29 bits per heavy atom. The first-order valence-corrected chi connectivity index (χ1v) is 5.79. The summed E-state index contributed by atoms with van der Waals surface area (Å²) in [5.41, 5.74) is 1.01. The number of hydrogen-bond acceptors (Lipinski definition) is 3. The van der Waals surface area contributed by atoms with Crippen LogP contribution in [0.3, 0.4) is 0 Å². The van der Waals surface area contributed by atoms with E-state index >= 15 is 0 Å². The fourth-order valence-electron chi connectivity index (χ4n) is 1.24. The van der Waals surface area contributed by atoms with E-state index in [0.29, 0.717) is 5.75 Å².